The zero-order valence-corrected chi connectivity index (χ0v) is 6.76. The molecule has 0 spiro atoms. The van der Waals surface area contributed by atoms with E-state index < -0.39 is 0 Å². The summed E-state index contributed by atoms with van der Waals surface area (Å²) in [5.41, 5.74) is 2.90. The number of fused-ring (bicyclic) bond motifs is 1. The zero-order valence-electron chi connectivity index (χ0n) is 6.76. The van der Waals surface area contributed by atoms with Crippen molar-refractivity contribution >= 4 is 24.2 Å². The Labute approximate surface area is 71.2 Å². The van der Waals surface area contributed by atoms with Crippen LogP contribution in [0.5, 0.6) is 0 Å². The van der Waals surface area contributed by atoms with Crippen LogP contribution < -0.4 is 5.46 Å². The fraction of sp³-hybridized carbons (Fsp3) is 0. The van der Waals surface area contributed by atoms with E-state index in [1.54, 1.807) is 6.20 Å². The lowest BCUT2D eigenvalue weighted by Crippen LogP contribution is -2.02. The van der Waals surface area contributed by atoms with Gasteiger partial charge in [0.25, 0.3) is 0 Å². The van der Waals surface area contributed by atoms with Gasteiger partial charge >= 0.3 is 0 Å². The van der Waals surface area contributed by atoms with Gasteiger partial charge in [0.15, 0.2) is 0 Å². The monoisotopic (exact) mass is 154 g/mol. The minimum Gasteiger partial charge on any atom is -0.360 e. The van der Waals surface area contributed by atoms with Crippen LogP contribution in [0, 0.1) is 11.3 Å². The van der Waals surface area contributed by atoms with E-state index in [0.29, 0.717) is 0 Å². The third kappa shape index (κ3) is 0.818. The van der Waals surface area contributed by atoms with Crippen molar-refractivity contribution in [3.8, 4) is 6.07 Å². The molecule has 0 aliphatic heterocycles. The highest BCUT2D eigenvalue weighted by molar-refractivity contribution is 6.39. The summed E-state index contributed by atoms with van der Waals surface area (Å²) in [6.45, 7) is 0. The minimum absolute atomic E-state index is 0.725. The summed E-state index contributed by atoms with van der Waals surface area (Å²) < 4.78 is 0. The van der Waals surface area contributed by atoms with Gasteiger partial charge in [0, 0.05) is 17.1 Å². The lowest BCUT2D eigenvalue weighted by molar-refractivity contribution is 1.45. The number of nitrogens with one attached hydrogen (secondary N) is 1. The van der Waals surface area contributed by atoms with Gasteiger partial charge in [-0.15, -0.1) is 0 Å². The quantitative estimate of drug-likeness (QED) is 0.544. The SMILES string of the molecule is Bc1cccc2[nH]cc(C#N)c12. The van der Waals surface area contributed by atoms with Crippen molar-refractivity contribution in [3.05, 3.63) is 30.0 Å². The van der Waals surface area contributed by atoms with Crippen LogP contribution in [0.25, 0.3) is 10.9 Å². The Balaban J connectivity index is 2.95. The fourth-order valence-electron chi connectivity index (χ4n) is 1.46. The van der Waals surface area contributed by atoms with Crippen LogP contribution in [0.15, 0.2) is 24.4 Å². The summed E-state index contributed by atoms with van der Waals surface area (Å²) in [7, 11) is 2.01. The Morgan fingerprint density at radius 3 is 3.00 bits per heavy atom. The first-order valence-corrected chi connectivity index (χ1v) is 3.79. The number of rotatable bonds is 0. The molecule has 1 N–H and O–H groups in total. The molecule has 0 bridgehead atoms. The van der Waals surface area contributed by atoms with Crippen molar-refractivity contribution in [3.63, 3.8) is 0 Å². The molecule has 0 fully saturated rings. The second-order valence-corrected chi connectivity index (χ2v) is 2.81. The van der Waals surface area contributed by atoms with E-state index in [4.69, 9.17) is 5.26 Å². The number of aromatic nitrogens is 1. The Morgan fingerprint density at radius 2 is 2.25 bits per heavy atom. The molecule has 1 aromatic heterocycles. The minimum atomic E-state index is 0.725. The molecule has 0 unspecified atom stereocenters. The predicted molar refractivity (Wildman–Crippen MR) is 51.2 cm³/mol. The standard InChI is InChI=1S/C9H7BN2/c10-7-2-1-3-8-9(7)6(4-11)5-12-8/h1-3,5,12H,10H2. The van der Waals surface area contributed by atoms with E-state index in [0.717, 1.165) is 21.9 Å². The fourth-order valence-corrected chi connectivity index (χ4v) is 1.46. The summed E-state index contributed by atoms with van der Waals surface area (Å²) in [4.78, 5) is 3.06. The molecule has 2 rings (SSSR count). The third-order valence-electron chi connectivity index (χ3n) is 2.03. The molecule has 56 valence electrons. The molecule has 3 heteroatoms. The maximum Gasteiger partial charge on any atom is 0.140 e. The van der Waals surface area contributed by atoms with Crippen molar-refractivity contribution in [1.82, 2.24) is 4.98 Å². The second kappa shape index (κ2) is 2.42. The maximum atomic E-state index is 8.78. The average molecular weight is 154 g/mol. The number of hydrogen-bond acceptors (Lipinski definition) is 1. The molecule has 0 atom stereocenters. The highest BCUT2D eigenvalue weighted by Gasteiger charge is 2.03. The number of aromatic amines is 1. The van der Waals surface area contributed by atoms with Gasteiger partial charge in [-0.1, -0.05) is 17.6 Å². The molecule has 12 heavy (non-hydrogen) atoms. The number of H-pyrrole nitrogens is 1. The summed E-state index contributed by atoms with van der Waals surface area (Å²) in [5.74, 6) is 0. The van der Waals surface area contributed by atoms with Crippen molar-refractivity contribution in [2.24, 2.45) is 0 Å². The van der Waals surface area contributed by atoms with Crippen LogP contribution in [0.3, 0.4) is 0 Å². The van der Waals surface area contributed by atoms with Gasteiger partial charge in [-0.3, -0.25) is 0 Å². The molecule has 2 aromatic rings. The van der Waals surface area contributed by atoms with Crippen LogP contribution in [-0.4, -0.2) is 12.8 Å². The van der Waals surface area contributed by atoms with Gasteiger partial charge in [-0.25, -0.2) is 0 Å². The molecule has 0 radical (unpaired) electrons. The first kappa shape index (κ1) is 6.99. The van der Waals surface area contributed by atoms with E-state index in [2.05, 4.69) is 11.1 Å². The Kier molecular flexibility index (Phi) is 1.41. The van der Waals surface area contributed by atoms with Gasteiger partial charge in [-0.2, -0.15) is 5.26 Å². The summed E-state index contributed by atoms with van der Waals surface area (Å²) >= 11 is 0. The highest BCUT2D eigenvalue weighted by atomic mass is 14.7. The molecule has 0 saturated carbocycles. The molecular formula is C9H7BN2. The van der Waals surface area contributed by atoms with Gasteiger partial charge in [-0.05, 0) is 6.07 Å². The average Bonchev–Trinajstić information content (AvgIpc) is 2.49. The first-order chi connectivity index (χ1) is 5.83. The maximum absolute atomic E-state index is 8.78. The normalized spacial score (nSPS) is 9.92. The van der Waals surface area contributed by atoms with Gasteiger partial charge in [0.2, 0.25) is 0 Å². The molecule has 0 aliphatic rings. The van der Waals surface area contributed by atoms with Crippen LogP contribution >= 0.6 is 0 Å². The van der Waals surface area contributed by atoms with E-state index >= 15 is 0 Å². The number of hydrogen-bond donors (Lipinski definition) is 1. The number of nitrogens with zero attached hydrogens (tertiary/aromatic N) is 1. The Hall–Kier alpha value is -1.69. The van der Waals surface area contributed by atoms with E-state index in [9.17, 15) is 0 Å². The van der Waals surface area contributed by atoms with Crippen molar-refractivity contribution in [2.75, 3.05) is 0 Å². The Morgan fingerprint density at radius 1 is 1.42 bits per heavy atom. The highest BCUT2D eigenvalue weighted by Crippen LogP contribution is 2.13. The zero-order chi connectivity index (χ0) is 8.55. The topological polar surface area (TPSA) is 39.6 Å². The molecule has 1 aromatic carbocycles. The van der Waals surface area contributed by atoms with Gasteiger partial charge < -0.3 is 4.98 Å². The second-order valence-electron chi connectivity index (χ2n) is 2.81. The number of nitriles is 1. The lowest BCUT2D eigenvalue weighted by Gasteiger charge is -1.94. The van der Waals surface area contributed by atoms with Gasteiger partial charge in [0.05, 0.1) is 5.56 Å². The smallest absolute Gasteiger partial charge is 0.140 e. The largest absolute Gasteiger partial charge is 0.360 e. The molecular weight excluding hydrogens is 147 g/mol. The Bertz CT molecular complexity index is 465. The summed E-state index contributed by atoms with van der Waals surface area (Å²) in [5, 5.41) is 9.82. The molecule has 1 heterocycles. The van der Waals surface area contributed by atoms with Crippen LogP contribution in [0.2, 0.25) is 0 Å². The molecule has 0 saturated heterocycles. The van der Waals surface area contributed by atoms with Crippen molar-refractivity contribution in [2.45, 2.75) is 0 Å². The van der Waals surface area contributed by atoms with Crippen LogP contribution in [-0.2, 0) is 0 Å². The molecule has 0 aliphatic carbocycles. The van der Waals surface area contributed by atoms with Crippen molar-refractivity contribution in [1.29, 1.82) is 5.26 Å². The van der Waals surface area contributed by atoms with Gasteiger partial charge in [0.1, 0.15) is 13.9 Å². The first-order valence-electron chi connectivity index (χ1n) is 3.79. The van der Waals surface area contributed by atoms with E-state index in [-0.39, 0.29) is 0 Å². The summed E-state index contributed by atoms with van der Waals surface area (Å²) in [6, 6.07) is 8.13. The predicted octanol–water partition coefficient (Wildman–Crippen LogP) is 0.298. The third-order valence-corrected chi connectivity index (χ3v) is 2.03. The van der Waals surface area contributed by atoms with Crippen LogP contribution in [0.1, 0.15) is 5.56 Å². The molecule has 0 amide bonds. The molecule has 2 nitrogen and oxygen atoms in total. The van der Waals surface area contributed by atoms with Crippen molar-refractivity contribution < 1.29 is 0 Å². The number of benzene rings is 1. The summed E-state index contributed by atoms with van der Waals surface area (Å²) in [6.07, 6.45) is 1.75. The van der Waals surface area contributed by atoms with E-state index in [1.165, 1.54) is 0 Å². The lowest BCUT2D eigenvalue weighted by atomic mass is 9.91. The van der Waals surface area contributed by atoms with Crippen LogP contribution in [0.4, 0.5) is 0 Å². The van der Waals surface area contributed by atoms with E-state index in [1.807, 2.05) is 26.0 Å².